The molecule has 0 amide bonds. The third kappa shape index (κ3) is 3.40. The molecule has 0 unspecified atom stereocenters. The van der Waals surface area contributed by atoms with Gasteiger partial charge in [-0.05, 0) is 58.2 Å². The molecule has 0 radical (unpaired) electrons. The topological polar surface area (TPSA) is 43.7 Å². The quantitative estimate of drug-likeness (QED) is 0.889. The van der Waals surface area contributed by atoms with E-state index in [0.29, 0.717) is 6.54 Å². The Labute approximate surface area is 122 Å². The molecule has 1 fully saturated rings. The molecular formula is C17H27NO2. The summed E-state index contributed by atoms with van der Waals surface area (Å²) in [5, 5.41) is 20.8. The lowest BCUT2D eigenvalue weighted by atomic mass is 9.95. The molecule has 2 rings (SSSR count). The number of aryl methyl sites for hydroxylation is 2. The Morgan fingerprint density at radius 3 is 2.70 bits per heavy atom. The highest BCUT2D eigenvalue weighted by molar-refractivity contribution is 5.32. The average Bonchev–Trinajstić information content (AvgIpc) is 2.80. The van der Waals surface area contributed by atoms with Crippen LogP contribution in [0.1, 0.15) is 49.5 Å². The molecule has 3 heteroatoms. The Hall–Kier alpha value is -0.900. The highest BCUT2D eigenvalue weighted by Crippen LogP contribution is 2.29. The van der Waals surface area contributed by atoms with Gasteiger partial charge in [0.1, 0.15) is 0 Å². The molecule has 20 heavy (non-hydrogen) atoms. The predicted octanol–water partition coefficient (Wildman–Crippen LogP) is 2.57. The van der Waals surface area contributed by atoms with Crippen LogP contribution in [0, 0.1) is 13.8 Å². The third-order valence-corrected chi connectivity index (χ3v) is 4.38. The van der Waals surface area contributed by atoms with E-state index in [9.17, 15) is 10.2 Å². The molecule has 1 aliphatic rings. The van der Waals surface area contributed by atoms with Crippen LogP contribution in [0.2, 0.25) is 0 Å². The van der Waals surface area contributed by atoms with Crippen LogP contribution < -0.4 is 0 Å². The van der Waals surface area contributed by atoms with Gasteiger partial charge in [0, 0.05) is 12.6 Å². The maximum absolute atomic E-state index is 10.5. The van der Waals surface area contributed by atoms with Crippen LogP contribution in [0.25, 0.3) is 0 Å². The Balaban J connectivity index is 2.11. The molecule has 3 nitrogen and oxygen atoms in total. The van der Waals surface area contributed by atoms with Crippen molar-refractivity contribution >= 4 is 0 Å². The van der Waals surface area contributed by atoms with Crippen LogP contribution in [0.5, 0.6) is 0 Å². The first kappa shape index (κ1) is 15.5. The summed E-state index contributed by atoms with van der Waals surface area (Å²) in [7, 11) is 0. The van der Waals surface area contributed by atoms with E-state index in [1.165, 1.54) is 5.56 Å². The number of hydrogen-bond acceptors (Lipinski definition) is 3. The van der Waals surface area contributed by atoms with Crippen molar-refractivity contribution in [2.75, 3.05) is 13.1 Å². The van der Waals surface area contributed by atoms with E-state index in [1.54, 1.807) is 0 Å². The highest BCUT2D eigenvalue weighted by Gasteiger charge is 2.36. The van der Waals surface area contributed by atoms with Crippen LogP contribution in [0.4, 0.5) is 0 Å². The molecule has 1 aromatic rings. The zero-order valence-electron chi connectivity index (χ0n) is 13.1. The van der Waals surface area contributed by atoms with Crippen molar-refractivity contribution in [1.82, 2.24) is 4.90 Å². The van der Waals surface area contributed by atoms with Crippen LogP contribution in [-0.2, 0) is 0 Å². The van der Waals surface area contributed by atoms with Gasteiger partial charge in [-0.25, -0.2) is 0 Å². The number of hydrogen-bond donors (Lipinski definition) is 2. The van der Waals surface area contributed by atoms with Gasteiger partial charge in [-0.2, -0.15) is 0 Å². The highest BCUT2D eigenvalue weighted by atomic mass is 16.3. The Morgan fingerprint density at radius 2 is 2.05 bits per heavy atom. The number of aliphatic hydroxyl groups is 2. The summed E-state index contributed by atoms with van der Waals surface area (Å²) < 4.78 is 0. The maximum Gasteiger partial charge on any atom is 0.0919 e. The lowest BCUT2D eigenvalue weighted by Crippen LogP contribution is -2.46. The summed E-state index contributed by atoms with van der Waals surface area (Å²) in [6, 6.07) is 6.34. The van der Waals surface area contributed by atoms with Crippen LogP contribution in [-0.4, -0.2) is 39.8 Å². The van der Waals surface area contributed by atoms with Gasteiger partial charge in [0.05, 0.1) is 11.7 Å². The van der Waals surface area contributed by atoms with Crippen molar-refractivity contribution in [2.45, 2.75) is 58.3 Å². The van der Waals surface area contributed by atoms with E-state index in [0.717, 1.165) is 30.5 Å². The third-order valence-electron chi connectivity index (χ3n) is 4.38. The molecule has 2 N–H and O–H groups in total. The molecule has 2 atom stereocenters. The minimum absolute atomic E-state index is 0.141. The van der Waals surface area contributed by atoms with Gasteiger partial charge in [0.15, 0.2) is 0 Å². The lowest BCUT2D eigenvalue weighted by Gasteiger charge is -2.35. The summed E-state index contributed by atoms with van der Waals surface area (Å²) in [6.07, 6.45) is 1.61. The Kier molecular flexibility index (Phi) is 4.52. The molecule has 1 aromatic carbocycles. The van der Waals surface area contributed by atoms with E-state index in [2.05, 4.69) is 23.1 Å². The number of aliphatic hydroxyl groups excluding tert-OH is 1. The molecular weight excluding hydrogens is 250 g/mol. The van der Waals surface area contributed by atoms with E-state index in [1.807, 2.05) is 27.7 Å². The van der Waals surface area contributed by atoms with E-state index in [4.69, 9.17) is 0 Å². The van der Waals surface area contributed by atoms with Crippen molar-refractivity contribution in [1.29, 1.82) is 0 Å². The van der Waals surface area contributed by atoms with Gasteiger partial charge in [0.25, 0.3) is 0 Å². The first-order valence-corrected chi connectivity index (χ1v) is 7.50. The molecule has 0 saturated carbocycles. The zero-order chi connectivity index (χ0) is 14.9. The first-order valence-electron chi connectivity index (χ1n) is 7.50. The summed E-state index contributed by atoms with van der Waals surface area (Å²) in [4.78, 5) is 2.23. The van der Waals surface area contributed by atoms with E-state index < -0.39 is 11.7 Å². The zero-order valence-corrected chi connectivity index (χ0v) is 13.1. The molecule has 0 aliphatic carbocycles. The number of nitrogens with zero attached hydrogens (tertiary/aromatic N) is 1. The molecule has 1 aliphatic heterocycles. The number of likely N-dealkylation sites (tertiary alicyclic amines) is 1. The van der Waals surface area contributed by atoms with Crippen LogP contribution >= 0.6 is 0 Å². The Bertz CT molecular complexity index is 465. The van der Waals surface area contributed by atoms with Gasteiger partial charge >= 0.3 is 0 Å². The van der Waals surface area contributed by atoms with Crippen molar-refractivity contribution in [3.05, 3.63) is 34.9 Å². The number of β-amino-alcohol motifs (C(OH)–C–C–N with tert-alkyl or cyclic N) is 1. The Morgan fingerprint density at radius 1 is 1.35 bits per heavy atom. The van der Waals surface area contributed by atoms with E-state index >= 15 is 0 Å². The number of benzene rings is 1. The SMILES string of the molecule is Cc1ccc(C)c([C@@H](O)CN2CCC[C@H]2C(C)(C)O)c1. The largest absolute Gasteiger partial charge is 0.389 e. The van der Waals surface area contributed by atoms with Gasteiger partial charge in [-0.3, -0.25) is 4.90 Å². The first-order chi connectivity index (χ1) is 9.29. The fourth-order valence-electron chi connectivity index (χ4n) is 3.28. The van der Waals surface area contributed by atoms with Crippen LogP contribution in [0.15, 0.2) is 18.2 Å². The van der Waals surface area contributed by atoms with Crippen LogP contribution in [0.3, 0.4) is 0 Å². The predicted molar refractivity (Wildman–Crippen MR) is 81.8 cm³/mol. The summed E-state index contributed by atoms with van der Waals surface area (Å²) in [5.41, 5.74) is 2.59. The van der Waals surface area contributed by atoms with Crippen molar-refractivity contribution in [3.63, 3.8) is 0 Å². The molecule has 0 aromatic heterocycles. The molecule has 1 saturated heterocycles. The van der Waals surface area contributed by atoms with Gasteiger partial charge in [0.2, 0.25) is 0 Å². The lowest BCUT2D eigenvalue weighted by molar-refractivity contribution is -0.0161. The standard InChI is InChI=1S/C17H27NO2/c1-12-7-8-13(2)14(10-12)15(19)11-18-9-5-6-16(18)17(3,4)20/h7-8,10,15-16,19-20H,5-6,9,11H2,1-4H3/t15-,16-/m0/s1. The fourth-order valence-corrected chi connectivity index (χ4v) is 3.28. The second-order valence-electron chi connectivity index (χ2n) is 6.68. The van der Waals surface area contributed by atoms with Gasteiger partial charge in [-0.15, -0.1) is 0 Å². The monoisotopic (exact) mass is 277 g/mol. The van der Waals surface area contributed by atoms with Gasteiger partial charge in [-0.1, -0.05) is 23.8 Å². The second kappa shape index (κ2) is 5.84. The van der Waals surface area contributed by atoms with Crippen molar-refractivity contribution in [2.24, 2.45) is 0 Å². The fraction of sp³-hybridized carbons (Fsp3) is 0.647. The molecule has 112 valence electrons. The summed E-state index contributed by atoms with van der Waals surface area (Å²) in [5.74, 6) is 0. The van der Waals surface area contributed by atoms with Crippen molar-refractivity contribution < 1.29 is 10.2 Å². The van der Waals surface area contributed by atoms with Crippen molar-refractivity contribution in [3.8, 4) is 0 Å². The molecule has 1 heterocycles. The summed E-state index contributed by atoms with van der Waals surface area (Å²) >= 11 is 0. The maximum atomic E-state index is 10.5. The normalized spacial score (nSPS) is 22.2. The minimum Gasteiger partial charge on any atom is -0.389 e. The second-order valence-corrected chi connectivity index (χ2v) is 6.68. The van der Waals surface area contributed by atoms with E-state index in [-0.39, 0.29) is 6.04 Å². The molecule has 0 bridgehead atoms. The molecule has 0 spiro atoms. The van der Waals surface area contributed by atoms with Gasteiger partial charge < -0.3 is 10.2 Å². The smallest absolute Gasteiger partial charge is 0.0919 e. The summed E-state index contributed by atoms with van der Waals surface area (Å²) in [6.45, 7) is 9.36. The average molecular weight is 277 g/mol. The number of rotatable bonds is 4. The minimum atomic E-state index is -0.710.